The molecular weight excluding hydrogens is 274 g/mol. The summed E-state index contributed by atoms with van der Waals surface area (Å²) < 4.78 is 6.88. The van der Waals surface area contributed by atoms with Crippen LogP contribution in [0.4, 0.5) is 0 Å². The molecule has 0 aliphatic carbocycles. The fourth-order valence-electron chi connectivity index (χ4n) is 4.12. The van der Waals surface area contributed by atoms with E-state index in [9.17, 15) is 0 Å². The molecule has 0 saturated heterocycles. The molecule has 2 rings (SSSR count). The zero-order valence-electron chi connectivity index (χ0n) is 14.5. The van der Waals surface area contributed by atoms with Crippen molar-refractivity contribution in [1.29, 1.82) is 0 Å². The third kappa shape index (κ3) is 3.04. The van der Waals surface area contributed by atoms with Crippen LogP contribution in [0.1, 0.15) is 52.7 Å². The Morgan fingerprint density at radius 3 is 2.19 bits per heavy atom. The van der Waals surface area contributed by atoms with Gasteiger partial charge in [-0.05, 0) is 41.2 Å². The average molecular weight is 306 g/mol. The molecule has 21 heavy (non-hydrogen) atoms. The van der Waals surface area contributed by atoms with Crippen molar-refractivity contribution < 1.29 is 4.43 Å². The molecule has 118 valence electrons. The van der Waals surface area contributed by atoms with Crippen molar-refractivity contribution in [2.24, 2.45) is 0 Å². The first kappa shape index (κ1) is 16.6. The van der Waals surface area contributed by atoms with Crippen molar-refractivity contribution in [3.05, 3.63) is 29.3 Å². The van der Waals surface area contributed by atoms with Crippen LogP contribution >= 0.6 is 0 Å². The molecule has 1 heterocycles. The van der Waals surface area contributed by atoms with E-state index in [0.29, 0.717) is 16.6 Å². The minimum absolute atomic E-state index is 0.616. The van der Waals surface area contributed by atoms with Crippen molar-refractivity contribution in [2.45, 2.75) is 71.1 Å². The first-order chi connectivity index (χ1) is 9.89. The highest BCUT2D eigenvalue weighted by atomic mass is 28.4. The van der Waals surface area contributed by atoms with Gasteiger partial charge in [0.05, 0.1) is 0 Å². The van der Waals surface area contributed by atoms with Crippen LogP contribution in [-0.4, -0.2) is 14.9 Å². The fourth-order valence-corrected chi connectivity index (χ4v) is 9.40. The lowest BCUT2D eigenvalue weighted by molar-refractivity contribution is 0.467. The van der Waals surface area contributed by atoms with E-state index in [4.69, 9.17) is 4.43 Å². The Morgan fingerprint density at radius 1 is 1.00 bits per heavy atom. The van der Waals surface area contributed by atoms with Crippen LogP contribution in [0.25, 0.3) is 0 Å². The zero-order chi connectivity index (χ0) is 15.6. The van der Waals surface area contributed by atoms with Crippen LogP contribution in [-0.2, 0) is 13.0 Å². The quantitative estimate of drug-likeness (QED) is 0.782. The Hall–Kier alpha value is -0.803. The minimum atomic E-state index is -1.86. The van der Waals surface area contributed by atoms with Gasteiger partial charge in [0.1, 0.15) is 5.75 Å². The van der Waals surface area contributed by atoms with E-state index >= 15 is 0 Å². The largest absolute Gasteiger partial charge is 0.542 e. The first-order valence-corrected chi connectivity index (χ1v) is 10.5. The van der Waals surface area contributed by atoms with Crippen LogP contribution in [0.2, 0.25) is 16.6 Å². The molecule has 0 fully saturated rings. The van der Waals surface area contributed by atoms with Gasteiger partial charge < -0.3 is 9.74 Å². The summed E-state index contributed by atoms with van der Waals surface area (Å²) in [7, 11) is -1.86. The van der Waals surface area contributed by atoms with Crippen LogP contribution in [0.15, 0.2) is 18.2 Å². The smallest absolute Gasteiger partial charge is 0.258 e. The second-order valence-corrected chi connectivity index (χ2v) is 12.6. The summed E-state index contributed by atoms with van der Waals surface area (Å²) >= 11 is 0. The van der Waals surface area contributed by atoms with Gasteiger partial charge >= 0.3 is 0 Å². The number of hydrogen-bond acceptors (Lipinski definition) is 2. The summed E-state index contributed by atoms with van der Waals surface area (Å²) in [6.07, 6.45) is 1.12. The van der Waals surface area contributed by atoms with E-state index in [0.717, 1.165) is 25.3 Å². The number of fused-ring (bicyclic) bond motifs is 1. The van der Waals surface area contributed by atoms with Gasteiger partial charge in [-0.3, -0.25) is 0 Å². The SMILES string of the molecule is CC(C)[Si](Oc1cccc2c1CNCC2)(C(C)C)C(C)C. The molecule has 1 aliphatic rings. The van der Waals surface area contributed by atoms with E-state index < -0.39 is 8.32 Å². The van der Waals surface area contributed by atoms with E-state index in [1.54, 1.807) is 0 Å². The Bertz CT molecular complexity index is 460. The molecule has 0 atom stereocenters. The van der Waals surface area contributed by atoms with Crippen molar-refractivity contribution in [3.63, 3.8) is 0 Å². The summed E-state index contributed by atoms with van der Waals surface area (Å²) in [5.74, 6) is 1.14. The molecule has 3 heteroatoms. The van der Waals surface area contributed by atoms with E-state index in [1.165, 1.54) is 11.1 Å². The molecule has 2 nitrogen and oxygen atoms in total. The highest BCUT2D eigenvalue weighted by Gasteiger charge is 2.47. The van der Waals surface area contributed by atoms with E-state index in [2.05, 4.69) is 65.1 Å². The highest BCUT2D eigenvalue weighted by Crippen LogP contribution is 2.43. The van der Waals surface area contributed by atoms with Gasteiger partial charge in [-0.25, -0.2) is 0 Å². The number of benzene rings is 1. The van der Waals surface area contributed by atoms with Crippen LogP contribution in [0.3, 0.4) is 0 Å². The normalized spacial score (nSPS) is 15.7. The lowest BCUT2D eigenvalue weighted by Gasteiger charge is -2.43. The molecular formula is C18H31NOSi. The molecule has 0 amide bonds. The van der Waals surface area contributed by atoms with Crippen molar-refractivity contribution in [2.75, 3.05) is 6.54 Å². The summed E-state index contributed by atoms with van der Waals surface area (Å²) in [5, 5.41) is 3.49. The third-order valence-corrected chi connectivity index (χ3v) is 11.1. The Balaban J connectivity index is 2.42. The molecule has 1 aromatic carbocycles. The topological polar surface area (TPSA) is 21.3 Å². The maximum absolute atomic E-state index is 6.88. The maximum Gasteiger partial charge on any atom is 0.258 e. The van der Waals surface area contributed by atoms with Gasteiger partial charge in [-0.2, -0.15) is 0 Å². The predicted molar refractivity (Wildman–Crippen MR) is 93.5 cm³/mol. The predicted octanol–water partition coefficient (Wildman–Crippen LogP) is 4.89. The van der Waals surface area contributed by atoms with Crippen LogP contribution in [0.5, 0.6) is 5.75 Å². The van der Waals surface area contributed by atoms with Crippen molar-refractivity contribution in [1.82, 2.24) is 5.32 Å². The highest BCUT2D eigenvalue weighted by molar-refractivity contribution is 6.78. The maximum atomic E-state index is 6.88. The molecule has 1 aliphatic heterocycles. The summed E-state index contributed by atoms with van der Waals surface area (Å²) in [5.41, 5.74) is 4.70. The van der Waals surface area contributed by atoms with Gasteiger partial charge in [-0.1, -0.05) is 53.7 Å². The second kappa shape index (κ2) is 6.53. The lowest BCUT2D eigenvalue weighted by atomic mass is 10.0. The van der Waals surface area contributed by atoms with Crippen molar-refractivity contribution >= 4 is 8.32 Å². The molecule has 0 radical (unpaired) electrons. The summed E-state index contributed by atoms with van der Waals surface area (Å²) in [4.78, 5) is 0. The zero-order valence-corrected chi connectivity index (χ0v) is 15.5. The number of rotatable bonds is 5. The van der Waals surface area contributed by atoms with Gasteiger partial charge in [-0.15, -0.1) is 0 Å². The van der Waals surface area contributed by atoms with E-state index in [1.807, 2.05) is 0 Å². The Labute approximate surface area is 131 Å². The first-order valence-electron chi connectivity index (χ1n) is 8.40. The van der Waals surface area contributed by atoms with Crippen LogP contribution < -0.4 is 9.74 Å². The Morgan fingerprint density at radius 2 is 1.62 bits per heavy atom. The molecule has 0 aromatic heterocycles. The van der Waals surface area contributed by atoms with Crippen molar-refractivity contribution in [3.8, 4) is 5.75 Å². The number of hydrogen-bond donors (Lipinski definition) is 1. The lowest BCUT2D eigenvalue weighted by Crippen LogP contribution is -2.51. The fraction of sp³-hybridized carbons (Fsp3) is 0.667. The molecule has 0 bridgehead atoms. The monoisotopic (exact) mass is 305 g/mol. The molecule has 0 unspecified atom stereocenters. The summed E-state index contributed by atoms with van der Waals surface area (Å²) in [6.45, 7) is 16.1. The third-order valence-electron chi connectivity index (χ3n) is 5.10. The Kier molecular flexibility index (Phi) is 5.15. The minimum Gasteiger partial charge on any atom is -0.542 e. The molecule has 1 aromatic rings. The second-order valence-electron chi connectivity index (χ2n) is 7.24. The molecule has 0 saturated carbocycles. The van der Waals surface area contributed by atoms with Gasteiger partial charge in [0, 0.05) is 12.1 Å². The van der Waals surface area contributed by atoms with E-state index in [-0.39, 0.29) is 0 Å². The summed E-state index contributed by atoms with van der Waals surface area (Å²) in [6, 6.07) is 6.60. The van der Waals surface area contributed by atoms with Crippen LogP contribution in [0, 0.1) is 0 Å². The average Bonchev–Trinajstić information content (AvgIpc) is 2.43. The molecule has 0 spiro atoms. The van der Waals surface area contributed by atoms with Gasteiger partial charge in [0.2, 0.25) is 0 Å². The standard InChI is InChI=1S/C18H31NOSi/c1-13(2)21(14(3)4,15(5)6)20-18-9-7-8-16-10-11-19-12-17(16)18/h7-9,13-15,19H,10-12H2,1-6H3. The van der Waals surface area contributed by atoms with Gasteiger partial charge in [0.25, 0.3) is 8.32 Å². The molecule has 1 N–H and O–H groups in total. The number of nitrogens with one attached hydrogen (secondary N) is 1. The van der Waals surface area contributed by atoms with Gasteiger partial charge in [0.15, 0.2) is 0 Å².